The zero-order valence-electron chi connectivity index (χ0n) is 19.2. The SMILES string of the molecule is COCCN(C)CC(=O)N(OC)c1ccc(NC(=O)c2ccc(-c3ccccc3)cc2)cc1. The van der Waals surface area contributed by atoms with Gasteiger partial charge in [-0.25, -0.2) is 0 Å². The number of rotatable bonds is 10. The molecule has 0 fully saturated rings. The summed E-state index contributed by atoms with van der Waals surface area (Å²) in [7, 11) is 4.91. The minimum absolute atomic E-state index is 0.189. The lowest BCUT2D eigenvalue weighted by Crippen LogP contribution is -2.39. The van der Waals surface area contributed by atoms with Gasteiger partial charge in [0, 0.05) is 24.9 Å². The number of ether oxygens (including phenoxy) is 1. The summed E-state index contributed by atoms with van der Waals surface area (Å²) in [6.07, 6.45) is 0. The number of nitrogens with one attached hydrogen (secondary N) is 1. The molecule has 0 aliphatic carbocycles. The molecule has 2 amide bonds. The molecular weight excluding hydrogens is 418 g/mol. The van der Waals surface area contributed by atoms with E-state index in [-0.39, 0.29) is 18.4 Å². The Morgan fingerprint density at radius 3 is 2.09 bits per heavy atom. The van der Waals surface area contributed by atoms with E-state index in [0.29, 0.717) is 30.1 Å². The average molecular weight is 448 g/mol. The van der Waals surface area contributed by atoms with Crippen LogP contribution in [-0.4, -0.2) is 57.7 Å². The van der Waals surface area contributed by atoms with Crippen molar-refractivity contribution in [2.45, 2.75) is 0 Å². The molecule has 1 N–H and O–H groups in total. The van der Waals surface area contributed by atoms with E-state index in [0.717, 1.165) is 11.1 Å². The van der Waals surface area contributed by atoms with Crippen LogP contribution in [0.25, 0.3) is 11.1 Å². The number of carbonyl (C=O) groups is 2. The van der Waals surface area contributed by atoms with Gasteiger partial charge in [-0.3, -0.25) is 19.3 Å². The number of amides is 2. The lowest BCUT2D eigenvalue weighted by atomic mass is 10.0. The van der Waals surface area contributed by atoms with Gasteiger partial charge in [-0.1, -0.05) is 42.5 Å². The first-order valence-corrected chi connectivity index (χ1v) is 10.6. The average Bonchev–Trinajstić information content (AvgIpc) is 2.85. The number of carbonyl (C=O) groups excluding carboxylic acids is 2. The summed E-state index contributed by atoms with van der Waals surface area (Å²) in [4.78, 5) is 32.3. The number of nitrogens with zero attached hydrogens (tertiary/aromatic N) is 2. The van der Waals surface area contributed by atoms with Gasteiger partial charge in [0.05, 0.1) is 25.9 Å². The fourth-order valence-corrected chi connectivity index (χ4v) is 3.30. The van der Waals surface area contributed by atoms with Crippen molar-refractivity contribution < 1.29 is 19.2 Å². The second-order valence-electron chi connectivity index (χ2n) is 7.55. The number of anilines is 2. The minimum atomic E-state index is -0.207. The molecule has 7 heteroatoms. The molecular formula is C26H29N3O4. The fourth-order valence-electron chi connectivity index (χ4n) is 3.30. The molecule has 0 aliphatic rings. The van der Waals surface area contributed by atoms with Gasteiger partial charge in [0.25, 0.3) is 11.8 Å². The van der Waals surface area contributed by atoms with Gasteiger partial charge in [0.1, 0.15) is 0 Å². The van der Waals surface area contributed by atoms with E-state index in [1.54, 1.807) is 43.5 Å². The Labute approximate surface area is 194 Å². The smallest absolute Gasteiger partial charge is 0.265 e. The minimum Gasteiger partial charge on any atom is -0.383 e. The van der Waals surface area contributed by atoms with Crippen LogP contribution in [0.2, 0.25) is 0 Å². The van der Waals surface area contributed by atoms with Crippen molar-refractivity contribution in [3.05, 3.63) is 84.4 Å². The van der Waals surface area contributed by atoms with Gasteiger partial charge >= 0.3 is 0 Å². The summed E-state index contributed by atoms with van der Waals surface area (Å²) >= 11 is 0. The Kier molecular flexibility index (Phi) is 8.71. The number of hydrogen-bond donors (Lipinski definition) is 1. The fraction of sp³-hybridized carbons (Fsp3) is 0.231. The molecule has 0 aliphatic heterocycles. The van der Waals surface area contributed by atoms with Crippen molar-refractivity contribution >= 4 is 23.2 Å². The van der Waals surface area contributed by atoms with E-state index >= 15 is 0 Å². The van der Waals surface area contributed by atoms with E-state index in [2.05, 4.69) is 5.32 Å². The number of methoxy groups -OCH3 is 1. The molecule has 0 radical (unpaired) electrons. The van der Waals surface area contributed by atoms with Crippen LogP contribution in [-0.2, 0) is 14.4 Å². The van der Waals surface area contributed by atoms with Crippen molar-refractivity contribution in [3.63, 3.8) is 0 Å². The third kappa shape index (κ3) is 6.73. The molecule has 172 valence electrons. The van der Waals surface area contributed by atoms with E-state index in [4.69, 9.17) is 9.57 Å². The molecule has 0 saturated carbocycles. The number of benzene rings is 3. The molecule has 3 rings (SSSR count). The molecule has 0 aromatic heterocycles. The summed E-state index contributed by atoms with van der Waals surface area (Å²) in [5, 5.41) is 4.11. The summed E-state index contributed by atoms with van der Waals surface area (Å²) in [6.45, 7) is 1.37. The predicted molar refractivity (Wildman–Crippen MR) is 130 cm³/mol. The normalized spacial score (nSPS) is 10.8. The largest absolute Gasteiger partial charge is 0.383 e. The van der Waals surface area contributed by atoms with E-state index < -0.39 is 0 Å². The zero-order valence-corrected chi connectivity index (χ0v) is 19.2. The maximum absolute atomic E-state index is 12.6. The molecule has 3 aromatic carbocycles. The van der Waals surface area contributed by atoms with E-state index in [9.17, 15) is 9.59 Å². The van der Waals surface area contributed by atoms with Gasteiger partial charge in [-0.05, 0) is 54.6 Å². The summed E-state index contributed by atoms with van der Waals surface area (Å²) in [6, 6.07) is 24.4. The van der Waals surface area contributed by atoms with Crippen LogP contribution < -0.4 is 10.4 Å². The van der Waals surface area contributed by atoms with Crippen molar-refractivity contribution in [1.82, 2.24) is 4.90 Å². The second-order valence-corrected chi connectivity index (χ2v) is 7.55. The quantitative estimate of drug-likeness (QED) is 0.474. The maximum Gasteiger partial charge on any atom is 0.265 e. The van der Waals surface area contributed by atoms with Crippen molar-refractivity contribution in [2.24, 2.45) is 0 Å². The van der Waals surface area contributed by atoms with Crippen LogP contribution in [0.5, 0.6) is 0 Å². The lowest BCUT2D eigenvalue weighted by Gasteiger charge is -2.23. The van der Waals surface area contributed by atoms with Gasteiger partial charge < -0.3 is 10.1 Å². The van der Waals surface area contributed by atoms with Crippen molar-refractivity contribution in [3.8, 4) is 11.1 Å². The Morgan fingerprint density at radius 1 is 0.848 bits per heavy atom. The van der Waals surface area contributed by atoms with E-state index in [1.165, 1.54) is 12.2 Å². The highest BCUT2D eigenvalue weighted by molar-refractivity contribution is 6.04. The topological polar surface area (TPSA) is 71.1 Å². The van der Waals surface area contributed by atoms with Crippen LogP contribution in [0, 0.1) is 0 Å². The van der Waals surface area contributed by atoms with Gasteiger partial charge in [-0.15, -0.1) is 0 Å². The highest BCUT2D eigenvalue weighted by Crippen LogP contribution is 2.21. The first-order valence-electron chi connectivity index (χ1n) is 10.6. The van der Waals surface area contributed by atoms with Gasteiger partial charge in [0.15, 0.2) is 0 Å². The molecule has 0 unspecified atom stereocenters. The lowest BCUT2D eigenvalue weighted by molar-refractivity contribution is -0.125. The zero-order chi connectivity index (χ0) is 23.6. The number of hydrogen-bond acceptors (Lipinski definition) is 5. The summed E-state index contributed by atoms with van der Waals surface area (Å²) < 4.78 is 5.04. The molecule has 33 heavy (non-hydrogen) atoms. The van der Waals surface area contributed by atoms with Crippen LogP contribution in [0.1, 0.15) is 10.4 Å². The third-order valence-electron chi connectivity index (χ3n) is 5.11. The highest BCUT2D eigenvalue weighted by atomic mass is 16.7. The molecule has 7 nitrogen and oxygen atoms in total. The molecule has 0 heterocycles. The van der Waals surface area contributed by atoms with E-state index in [1.807, 2.05) is 54.4 Å². The van der Waals surface area contributed by atoms with Crippen molar-refractivity contribution in [1.29, 1.82) is 0 Å². The van der Waals surface area contributed by atoms with Gasteiger partial charge in [0.2, 0.25) is 0 Å². The summed E-state index contributed by atoms with van der Waals surface area (Å²) in [5.74, 6) is -0.409. The number of likely N-dealkylation sites (N-methyl/N-ethyl adjacent to an activating group) is 1. The molecule has 0 saturated heterocycles. The highest BCUT2D eigenvalue weighted by Gasteiger charge is 2.18. The standard InChI is InChI=1S/C26H29N3O4/c1-28(17-18-32-2)19-25(30)29(33-3)24-15-13-23(14-16-24)27-26(31)22-11-9-21(10-12-22)20-7-5-4-6-8-20/h4-16H,17-19H2,1-3H3,(H,27,31). The van der Waals surface area contributed by atoms with Crippen LogP contribution in [0.4, 0.5) is 11.4 Å². The second kappa shape index (κ2) is 11.9. The summed E-state index contributed by atoms with van der Waals surface area (Å²) in [5.41, 5.74) is 3.91. The van der Waals surface area contributed by atoms with Crippen molar-refractivity contribution in [2.75, 3.05) is 51.3 Å². The maximum atomic E-state index is 12.6. The monoisotopic (exact) mass is 447 g/mol. The Balaban J connectivity index is 1.61. The Bertz CT molecular complexity index is 1040. The third-order valence-corrected chi connectivity index (χ3v) is 5.11. The predicted octanol–water partition coefficient (Wildman–Crippen LogP) is 4.08. The molecule has 3 aromatic rings. The number of hydroxylamine groups is 1. The first kappa shape index (κ1) is 24.1. The first-order chi connectivity index (χ1) is 16.0. The van der Waals surface area contributed by atoms with Crippen LogP contribution >= 0.6 is 0 Å². The van der Waals surface area contributed by atoms with Gasteiger partial charge in [-0.2, -0.15) is 5.06 Å². The molecule has 0 spiro atoms. The Hall–Kier alpha value is -3.52. The Morgan fingerprint density at radius 2 is 1.48 bits per heavy atom. The molecule has 0 atom stereocenters. The van der Waals surface area contributed by atoms with Crippen LogP contribution in [0.3, 0.4) is 0 Å². The van der Waals surface area contributed by atoms with Crippen LogP contribution in [0.15, 0.2) is 78.9 Å². The molecule has 0 bridgehead atoms.